The van der Waals surface area contributed by atoms with Gasteiger partial charge in [-0.2, -0.15) is 0 Å². The lowest BCUT2D eigenvalue weighted by Crippen LogP contribution is -2.48. The molecular formula is C28H27Cl2FN2O4. The summed E-state index contributed by atoms with van der Waals surface area (Å²) in [5, 5.41) is 13.3. The quantitative estimate of drug-likeness (QED) is 0.387. The van der Waals surface area contributed by atoms with Crippen molar-refractivity contribution < 1.29 is 23.9 Å². The third kappa shape index (κ3) is 7.78. The van der Waals surface area contributed by atoms with Crippen LogP contribution in [-0.2, 0) is 14.4 Å². The third-order valence-electron chi connectivity index (χ3n) is 5.98. The highest BCUT2D eigenvalue weighted by Crippen LogP contribution is 2.39. The number of halogens is 3. The Morgan fingerprint density at radius 1 is 1.03 bits per heavy atom. The number of nitrogens with one attached hydrogen (secondary N) is 1. The molecule has 1 heterocycles. The van der Waals surface area contributed by atoms with Crippen molar-refractivity contribution >= 4 is 46.7 Å². The molecule has 1 fully saturated rings. The molecule has 194 valence electrons. The molecule has 0 aliphatic carbocycles. The summed E-state index contributed by atoms with van der Waals surface area (Å²) >= 11 is 11.6. The number of benzene rings is 3. The van der Waals surface area contributed by atoms with Crippen LogP contribution in [0.15, 0.2) is 66.7 Å². The second-order valence-corrected chi connectivity index (χ2v) is 9.68. The number of nitrogens with zero attached hydrogens (tertiary/aromatic N) is 1. The molecule has 0 aromatic heterocycles. The highest BCUT2D eigenvalue weighted by molar-refractivity contribution is 6.31. The molecule has 1 aliphatic heterocycles. The van der Waals surface area contributed by atoms with E-state index in [9.17, 15) is 23.9 Å². The number of hydrogen-bond acceptors (Lipinski definition) is 3. The second-order valence-electron chi connectivity index (χ2n) is 8.80. The Bertz CT molecular complexity index is 1280. The van der Waals surface area contributed by atoms with E-state index in [4.69, 9.17) is 23.2 Å². The van der Waals surface area contributed by atoms with Crippen LogP contribution in [0.1, 0.15) is 35.6 Å². The molecule has 3 aromatic rings. The van der Waals surface area contributed by atoms with E-state index in [2.05, 4.69) is 5.32 Å². The summed E-state index contributed by atoms with van der Waals surface area (Å²) in [6.07, 6.45) is 0.258. The van der Waals surface area contributed by atoms with E-state index < -0.39 is 30.3 Å². The Morgan fingerprint density at radius 3 is 2.30 bits per heavy atom. The molecule has 0 bridgehead atoms. The van der Waals surface area contributed by atoms with Crippen molar-refractivity contribution in [1.82, 2.24) is 4.90 Å². The monoisotopic (exact) mass is 544 g/mol. The number of amides is 2. The summed E-state index contributed by atoms with van der Waals surface area (Å²) in [5.74, 6) is -3.23. The maximum Gasteiger partial charge on any atom is 0.323 e. The van der Waals surface area contributed by atoms with Gasteiger partial charge in [0, 0.05) is 22.2 Å². The standard InChI is InChI=1S/C21H20ClFN2O4.C7H7Cl/c1-12-5-6-14(23)10-17(12)20-16(7-8-18(26)25(20)11-19(27)28)21(29)24-15-4-2-3-13(22)9-15;1-6-3-2-4-7(8)5-6/h2-6,9-10,16,20H,7-8,11H2,1H3,(H,24,29)(H,27,28);2-5H,1H3/t16?,20-;/m0./s1. The molecule has 6 nitrogen and oxygen atoms in total. The number of anilines is 1. The van der Waals surface area contributed by atoms with Crippen molar-refractivity contribution in [1.29, 1.82) is 0 Å². The van der Waals surface area contributed by atoms with Gasteiger partial charge in [0.2, 0.25) is 11.8 Å². The summed E-state index contributed by atoms with van der Waals surface area (Å²) in [7, 11) is 0. The van der Waals surface area contributed by atoms with Gasteiger partial charge in [-0.25, -0.2) is 4.39 Å². The maximum absolute atomic E-state index is 14.0. The number of rotatable bonds is 5. The molecule has 9 heteroatoms. The van der Waals surface area contributed by atoms with Gasteiger partial charge < -0.3 is 15.3 Å². The highest BCUT2D eigenvalue weighted by atomic mass is 35.5. The predicted molar refractivity (Wildman–Crippen MR) is 142 cm³/mol. The summed E-state index contributed by atoms with van der Waals surface area (Å²) < 4.78 is 14.0. The second kappa shape index (κ2) is 12.7. The summed E-state index contributed by atoms with van der Waals surface area (Å²) in [5.41, 5.74) is 2.78. The van der Waals surface area contributed by atoms with Gasteiger partial charge in [-0.05, 0) is 79.4 Å². The minimum atomic E-state index is -1.20. The first kappa shape index (κ1) is 28.2. The van der Waals surface area contributed by atoms with E-state index >= 15 is 0 Å². The number of likely N-dealkylation sites (tertiary alicyclic amines) is 1. The van der Waals surface area contributed by atoms with Crippen molar-refractivity contribution in [3.8, 4) is 0 Å². The van der Waals surface area contributed by atoms with Crippen molar-refractivity contribution in [2.45, 2.75) is 32.7 Å². The van der Waals surface area contributed by atoms with Crippen LogP contribution in [0.2, 0.25) is 10.0 Å². The minimum Gasteiger partial charge on any atom is -0.480 e. The lowest BCUT2D eigenvalue weighted by molar-refractivity contribution is -0.151. The Labute approximate surface area is 225 Å². The normalized spacial score (nSPS) is 17.0. The number of carboxylic acid groups (broad SMARTS) is 1. The van der Waals surface area contributed by atoms with Crippen molar-refractivity contribution in [3.05, 3.63) is 99.3 Å². The van der Waals surface area contributed by atoms with Gasteiger partial charge in [0.05, 0.1) is 12.0 Å². The average Bonchev–Trinajstić information content (AvgIpc) is 2.82. The number of aryl methyl sites for hydroxylation is 2. The summed E-state index contributed by atoms with van der Waals surface area (Å²) in [6, 6.07) is 17.6. The molecule has 4 rings (SSSR count). The maximum atomic E-state index is 14.0. The SMILES string of the molecule is Cc1ccc(F)cc1[C@@H]1C(C(=O)Nc2cccc(Cl)c2)CCC(=O)N1CC(=O)O.Cc1cccc(Cl)c1. The van der Waals surface area contributed by atoms with Crippen molar-refractivity contribution in [3.63, 3.8) is 0 Å². The average molecular weight is 545 g/mol. The van der Waals surface area contributed by atoms with Crippen LogP contribution in [-0.4, -0.2) is 34.3 Å². The largest absolute Gasteiger partial charge is 0.480 e. The molecule has 37 heavy (non-hydrogen) atoms. The van der Waals surface area contributed by atoms with Crippen LogP contribution in [0.4, 0.5) is 10.1 Å². The molecule has 3 aromatic carbocycles. The number of piperidine rings is 1. The first-order valence-corrected chi connectivity index (χ1v) is 12.4. The molecule has 2 N–H and O–H groups in total. The minimum absolute atomic E-state index is 0.0335. The lowest BCUT2D eigenvalue weighted by atomic mass is 9.82. The first-order chi connectivity index (χ1) is 17.5. The van der Waals surface area contributed by atoms with E-state index in [1.807, 2.05) is 31.2 Å². The van der Waals surface area contributed by atoms with Gasteiger partial charge in [-0.15, -0.1) is 0 Å². The summed E-state index contributed by atoms with van der Waals surface area (Å²) in [4.78, 5) is 38.1. The molecule has 0 spiro atoms. The first-order valence-electron chi connectivity index (χ1n) is 11.6. The van der Waals surface area contributed by atoms with Crippen LogP contribution in [0.3, 0.4) is 0 Å². The van der Waals surface area contributed by atoms with Gasteiger partial charge in [0.1, 0.15) is 12.4 Å². The number of carbonyl (C=O) groups is 3. The smallest absolute Gasteiger partial charge is 0.323 e. The zero-order valence-corrected chi connectivity index (χ0v) is 21.9. The fourth-order valence-corrected chi connectivity index (χ4v) is 4.72. The molecule has 1 saturated heterocycles. The molecule has 2 amide bonds. The van der Waals surface area contributed by atoms with Crippen LogP contribution in [0.25, 0.3) is 0 Å². The van der Waals surface area contributed by atoms with Gasteiger partial charge >= 0.3 is 5.97 Å². The van der Waals surface area contributed by atoms with E-state index in [0.29, 0.717) is 21.8 Å². The zero-order valence-electron chi connectivity index (χ0n) is 20.4. The van der Waals surface area contributed by atoms with Crippen LogP contribution in [0.5, 0.6) is 0 Å². The Kier molecular flexibility index (Phi) is 9.66. The fourth-order valence-electron chi connectivity index (χ4n) is 4.28. The fraction of sp³-hybridized carbons (Fsp3) is 0.250. The molecule has 1 unspecified atom stereocenters. The number of aliphatic carboxylic acids is 1. The summed E-state index contributed by atoms with van der Waals surface area (Å²) in [6.45, 7) is 3.19. The van der Waals surface area contributed by atoms with Crippen molar-refractivity contribution in [2.75, 3.05) is 11.9 Å². The number of hydrogen-bond donors (Lipinski definition) is 2. The van der Waals surface area contributed by atoms with Crippen LogP contribution < -0.4 is 5.32 Å². The third-order valence-corrected chi connectivity index (χ3v) is 6.45. The van der Waals surface area contributed by atoms with Crippen LogP contribution >= 0.6 is 23.2 Å². The molecule has 2 atom stereocenters. The Balaban J connectivity index is 0.000000405. The molecule has 0 saturated carbocycles. The lowest BCUT2D eigenvalue weighted by Gasteiger charge is -2.40. The molecule has 0 radical (unpaired) electrons. The van der Waals surface area contributed by atoms with Gasteiger partial charge in [-0.1, -0.05) is 47.5 Å². The highest BCUT2D eigenvalue weighted by Gasteiger charge is 2.42. The van der Waals surface area contributed by atoms with Gasteiger partial charge in [-0.3, -0.25) is 14.4 Å². The Hall–Kier alpha value is -3.42. The molecular weight excluding hydrogens is 518 g/mol. The van der Waals surface area contributed by atoms with E-state index in [1.165, 1.54) is 17.7 Å². The van der Waals surface area contributed by atoms with Crippen LogP contribution in [0, 0.1) is 25.6 Å². The predicted octanol–water partition coefficient (Wildman–Crippen LogP) is 6.44. The van der Waals surface area contributed by atoms with E-state index in [1.54, 1.807) is 37.3 Å². The van der Waals surface area contributed by atoms with Gasteiger partial charge in [0.15, 0.2) is 0 Å². The van der Waals surface area contributed by atoms with Gasteiger partial charge in [0.25, 0.3) is 0 Å². The van der Waals surface area contributed by atoms with Crippen molar-refractivity contribution in [2.24, 2.45) is 5.92 Å². The van der Waals surface area contributed by atoms with E-state index in [-0.39, 0.29) is 24.7 Å². The number of carboxylic acids is 1. The molecule has 1 aliphatic rings. The topological polar surface area (TPSA) is 86.7 Å². The van der Waals surface area contributed by atoms with E-state index in [0.717, 1.165) is 9.92 Å². The number of carbonyl (C=O) groups excluding carboxylic acids is 2. The zero-order chi connectivity index (χ0) is 27.1. The Morgan fingerprint density at radius 2 is 1.70 bits per heavy atom.